The second kappa shape index (κ2) is 6.26. The highest BCUT2D eigenvalue weighted by molar-refractivity contribution is 6.20. The summed E-state index contributed by atoms with van der Waals surface area (Å²) in [4.78, 5) is 0. The molecule has 0 aromatic heterocycles. The van der Waals surface area contributed by atoms with E-state index in [4.69, 9.17) is 11.6 Å². The molecule has 1 N–H and O–H groups in total. The zero-order valence-corrected chi connectivity index (χ0v) is 11.3. The molecule has 0 spiro atoms. The van der Waals surface area contributed by atoms with Crippen molar-refractivity contribution in [2.24, 2.45) is 11.8 Å². The first-order valence-corrected chi connectivity index (χ1v) is 7.54. The average Bonchev–Trinajstić information content (AvgIpc) is 2.33. The molecule has 2 fully saturated rings. The molecule has 0 heterocycles. The highest BCUT2D eigenvalue weighted by atomic mass is 35.5. The molecular formula is C14H26ClN. The largest absolute Gasteiger partial charge is 0.317 e. The second-order valence-electron chi connectivity index (χ2n) is 5.81. The molecular weight excluding hydrogens is 218 g/mol. The van der Waals surface area contributed by atoms with Gasteiger partial charge in [0.2, 0.25) is 0 Å². The minimum absolute atomic E-state index is 0.424. The number of alkyl halides is 1. The van der Waals surface area contributed by atoms with E-state index in [1.54, 1.807) is 0 Å². The first-order valence-electron chi connectivity index (χ1n) is 7.11. The first-order chi connectivity index (χ1) is 7.79. The van der Waals surface area contributed by atoms with Gasteiger partial charge >= 0.3 is 0 Å². The van der Waals surface area contributed by atoms with Gasteiger partial charge < -0.3 is 5.32 Å². The monoisotopic (exact) mass is 243 g/mol. The Morgan fingerprint density at radius 3 is 2.44 bits per heavy atom. The number of halogens is 1. The summed E-state index contributed by atoms with van der Waals surface area (Å²) in [5.41, 5.74) is 0. The van der Waals surface area contributed by atoms with E-state index in [0.717, 1.165) is 11.8 Å². The van der Waals surface area contributed by atoms with E-state index in [9.17, 15) is 0 Å². The predicted molar refractivity (Wildman–Crippen MR) is 71.0 cm³/mol. The van der Waals surface area contributed by atoms with Crippen molar-refractivity contribution in [3.8, 4) is 0 Å². The molecule has 2 saturated carbocycles. The molecule has 0 bridgehead atoms. The van der Waals surface area contributed by atoms with Gasteiger partial charge in [-0.25, -0.2) is 0 Å². The van der Waals surface area contributed by atoms with E-state index >= 15 is 0 Å². The molecule has 16 heavy (non-hydrogen) atoms. The third kappa shape index (κ3) is 3.37. The van der Waals surface area contributed by atoms with Crippen LogP contribution in [0.5, 0.6) is 0 Å². The third-order valence-electron chi connectivity index (χ3n) is 4.68. The number of hydrogen-bond donors (Lipinski definition) is 1. The summed E-state index contributed by atoms with van der Waals surface area (Å²) >= 11 is 6.54. The van der Waals surface area contributed by atoms with Crippen LogP contribution in [-0.2, 0) is 0 Å². The summed E-state index contributed by atoms with van der Waals surface area (Å²) in [6.07, 6.45) is 12.6. The van der Waals surface area contributed by atoms with Crippen molar-refractivity contribution in [3.63, 3.8) is 0 Å². The topological polar surface area (TPSA) is 12.0 Å². The Bertz CT molecular complexity index is 201. The van der Waals surface area contributed by atoms with E-state index < -0.39 is 0 Å². The van der Waals surface area contributed by atoms with Crippen molar-refractivity contribution < 1.29 is 0 Å². The maximum absolute atomic E-state index is 6.54. The fourth-order valence-electron chi connectivity index (χ4n) is 3.56. The second-order valence-corrected chi connectivity index (χ2v) is 6.38. The number of rotatable bonds is 3. The molecule has 0 aromatic rings. The molecule has 0 aliphatic heterocycles. The van der Waals surface area contributed by atoms with E-state index in [-0.39, 0.29) is 0 Å². The zero-order valence-electron chi connectivity index (χ0n) is 10.6. The molecule has 0 amide bonds. The average molecular weight is 244 g/mol. The summed E-state index contributed by atoms with van der Waals surface area (Å²) in [7, 11) is 2.07. The van der Waals surface area contributed by atoms with Gasteiger partial charge in [-0.05, 0) is 44.6 Å². The van der Waals surface area contributed by atoms with Gasteiger partial charge in [0, 0.05) is 11.4 Å². The van der Waals surface area contributed by atoms with Crippen LogP contribution in [0.3, 0.4) is 0 Å². The van der Waals surface area contributed by atoms with Gasteiger partial charge in [-0.15, -0.1) is 11.6 Å². The van der Waals surface area contributed by atoms with Gasteiger partial charge in [0.05, 0.1) is 0 Å². The molecule has 3 unspecified atom stereocenters. The van der Waals surface area contributed by atoms with Crippen LogP contribution in [0, 0.1) is 11.8 Å². The van der Waals surface area contributed by atoms with Crippen molar-refractivity contribution in [1.29, 1.82) is 0 Å². The normalized spacial score (nSPS) is 37.5. The minimum atomic E-state index is 0.424. The Hall–Kier alpha value is 0.250. The molecule has 94 valence electrons. The summed E-state index contributed by atoms with van der Waals surface area (Å²) in [6.45, 7) is 0. The van der Waals surface area contributed by atoms with Crippen LogP contribution in [0.1, 0.15) is 57.8 Å². The van der Waals surface area contributed by atoms with Crippen LogP contribution >= 0.6 is 11.6 Å². The van der Waals surface area contributed by atoms with Gasteiger partial charge in [-0.3, -0.25) is 0 Å². The number of nitrogens with one attached hydrogen (secondary N) is 1. The van der Waals surface area contributed by atoms with E-state index in [1.807, 2.05) is 0 Å². The third-order valence-corrected chi connectivity index (χ3v) is 5.21. The zero-order chi connectivity index (χ0) is 11.4. The Morgan fingerprint density at radius 1 is 1.06 bits per heavy atom. The van der Waals surface area contributed by atoms with Crippen LogP contribution < -0.4 is 5.32 Å². The lowest BCUT2D eigenvalue weighted by Crippen LogP contribution is -2.37. The lowest BCUT2D eigenvalue weighted by atomic mass is 9.76. The van der Waals surface area contributed by atoms with Gasteiger partial charge in [0.15, 0.2) is 0 Å². The molecule has 0 saturated heterocycles. The fraction of sp³-hybridized carbons (Fsp3) is 1.00. The van der Waals surface area contributed by atoms with Crippen molar-refractivity contribution in [3.05, 3.63) is 0 Å². The molecule has 0 radical (unpaired) electrons. The lowest BCUT2D eigenvalue weighted by Gasteiger charge is -2.35. The Kier molecular flexibility index (Phi) is 4.97. The predicted octanol–water partition coefficient (Wildman–Crippen LogP) is 3.95. The van der Waals surface area contributed by atoms with E-state index in [2.05, 4.69) is 12.4 Å². The fourth-order valence-corrected chi connectivity index (χ4v) is 4.00. The smallest absolute Gasteiger partial charge is 0.0379 e. The molecule has 1 nitrogen and oxygen atoms in total. The van der Waals surface area contributed by atoms with Crippen LogP contribution in [0.2, 0.25) is 0 Å². The summed E-state index contributed by atoms with van der Waals surface area (Å²) in [6, 6.07) is 0.671. The maximum atomic E-state index is 6.54. The number of hydrogen-bond acceptors (Lipinski definition) is 1. The highest BCUT2D eigenvalue weighted by Crippen LogP contribution is 2.37. The van der Waals surface area contributed by atoms with Gasteiger partial charge in [-0.1, -0.05) is 32.1 Å². The molecule has 2 aliphatic rings. The Morgan fingerprint density at radius 2 is 1.81 bits per heavy atom. The van der Waals surface area contributed by atoms with Gasteiger partial charge in [0.1, 0.15) is 0 Å². The maximum Gasteiger partial charge on any atom is 0.0379 e. The standard InChI is InChI=1S/C14H26ClN/c1-16-13-8-7-12(14(15)10-13)9-11-5-3-2-4-6-11/h11-14,16H,2-10H2,1H3. The summed E-state index contributed by atoms with van der Waals surface area (Å²) < 4.78 is 0. The van der Waals surface area contributed by atoms with Crippen molar-refractivity contribution in [2.75, 3.05) is 7.05 Å². The van der Waals surface area contributed by atoms with Crippen molar-refractivity contribution >= 4 is 11.6 Å². The van der Waals surface area contributed by atoms with Crippen LogP contribution in [0.25, 0.3) is 0 Å². The molecule has 3 atom stereocenters. The quantitative estimate of drug-likeness (QED) is 0.741. The first kappa shape index (κ1) is 12.7. The van der Waals surface area contributed by atoms with Crippen molar-refractivity contribution in [2.45, 2.75) is 69.2 Å². The molecule has 0 aromatic carbocycles. The Labute approximate surface area is 105 Å². The van der Waals surface area contributed by atoms with Gasteiger partial charge in [0.25, 0.3) is 0 Å². The van der Waals surface area contributed by atoms with Crippen molar-refractivity contribution in [1.82, 2.24) is 5.32 Å². The van der Waals surface area contributed by atoms with Crippen LogP contribution in [0.4, 0.5) is 0 Å². The van der Waals surface area contributed by atoms with E-state index in [1.165, 1.54) is 57.8 Å². The minimum Gasteiger partial charge on any atom is -0.317 e. The van der Waals surface area contributed by atoms with E-state index in [0.29, 0.717) is 11.4 Å². The molecule has 2 aliphatic carbocycles. The highest BCUT2D eigenvalue weighted by Gasteiger charge is 2.30. The summed E-state index contributed by atoms with van der Waals surface area (Å²) in [5, 5.41) is 3.80. The molecule has 2 rings (SSSR count). The van der Waals surface area contributed by atoms with Crippen LogP contribution in [-0.4, -0.2) is 18.5 Å². The molecule has 2 heteroatoms. The SMILES string of the molecule is CNC1CCC(CC2CCCCC2)C(Cl)C1. The van der Waals surface area contributed by atoms with Gasteiger partial charge in [-0.2, -0.15) is 0 Å². The lowest BCUT2D eigenvalue weighted by molar-refractivity contribution is 0.229. The Balaban J connectivity index is 1.76. The summed E-state index contributed by atoms with van der Waals surface area (Å²) in [5.74, 6) is 1.79. The van der Waals surface area contributed by atoms with Crippen LogP contribution in [0.15, 0.2) is 0 Å².